The number of carbonyl (C=O) groups excluding carboxylic acids is 2. The van der Waals surface area contributed by atoms with Crippen molar-refractivity contribution in [2.24, 2.45) is 0 Å². The summed E-state index contributed by atoms with van der Waals surface area (Å²) in [6.07, 6.45) is 0. The van der Waals surface area contributed by atoms with E-state index in [1.807, 2.05) is 49.4 Å². The lowest BCUT2D eigenvalue weighted by atomic mass is 10.2. The lowest BCUT2D eigenvalue weighted by Crippen LogP contribution is -2.23. The number of hydrogen-bond acceptors (Lipinski definition) is 6. The molecule has 200 valence electrons. The molecule has 0 radical (unpaired) electrons. The zero-order valence-corrected chi connectivity index (χ0v) is 22.7. The van der Waals surface area contributed by atoms with Gasteiger partial charge in [0.25, 0.3) is 11.5 Å². The molecule has 0 bridgehead atoms. The molecule has 0 saturated heterocycles. The van der Waals surface area contributed by atoms with Crippen molar-refractivity contribution in [2.45, 2.75) is 12.1 Å². The van der Waals surface area contributed by atoms with Gasteiger partial charge in [-0.15, -0.1) is 0 Å². The first-order valence-electron chi connectivity index (χ1n) is 12.5. The zero-order chi connectivity index (χ0) is 28.1. The molecule has 0 unspecified atom stereocenters. The highest BCUT2D eigenvalue weighted by atomic mass is 32.2. The normalized spacial score (nSPS) is 10.8. The third-order valence-corrected chi connectivity index (χ3v) is 7.09. The molecule has 0 fully saturated rings. The van der Waals surface area contributed by atoms with Crippen molar-refractivity contribution < 1.29 is 14.3 Å². The number of thioether (sulfide) groups is 1. The summed E-state index contributed by atoms with van der Waals surface area (Å²) in [7, 11) is 1.54. The summed E-state index contributed by atoms with van der Waals surface area (Å²) in [6, 6.07) is 28.5. The van der Waals surface area contributed by atoms with Crippen molar-refractivity contribution in [1.29, 1.82) is 0 Å². The predicted molar refractivity (Wildman–Crippen MR) is 159 cm³/mol. The number of para-hydroxylation sites is 3. The Hall–Kier alpha value is -4.89. The lowest BCUT2D eigenvalue weighted by Gasteiger charge is -2.13. The molecule has 5 rings (SSSR count). The fourth-order valence-electron chi connectivity index (χ4n) is 4.11. The van der Waals surface area contributed by atoms with E-state index < -0.39 is 0 Å². The maximum absolute atomic E-state index is 13.4. The van der Waals surface area contributed by atoms with Crippen molar-refractivity contribution in [3.8, 4) is 11.4 Å². The number of aryl methyl sites for hydroxylation is 1. The quantitative estimate of drug-likeness (QED) is 0.190. The van der Waals surface area contributed by atoms with Crippen LogP contribution in [0.2, 0.25) is 0 Å². The predicted octanol–water partition coefficient (Wildman–Crippen LogP) is 5.69. The standard InChI is InChI=1S/C31H26N4O4S/c1-20-11-17-23(18-12-20)35-30(38)24-7-3-4-8-25(24)34-31(35)40-19-28(36)32-22-15-13-21(14-16-22)29(37)33-26-9-5-6-10-27(26)39-2/h3-18H,19H2,1-2H3,(H,32,36)(H,33,37). The maximum Gasteiger partial charge on any atom is 0.266 e. The van der Waals surface area contributed by atoms with Crippen LogP contribution < -0.4 is 20.9 Å². The van der Waals surface area contributed by atoms with E-state index in [2.05, 4.69) is 15.6 Å². The van der Waals surface area contributed by atoms with Gasteiger partial charge >= 0.3 is 0 Å². The minimum absolute atomic E-state index is 0.0344. The number of amides is 2. The number of nitrogens with one attached hydrogen (secondary N) is 2. The minimum atomic E-state index is -0.297. The second-order valence-corrected chi connectivity index (χ2v) is 9.90. The zero-order valence-electron chi connectivity index (χ0n) is 21.9. The Kier molecular flexibility index (Phi) is 7.93. The average Bonchev–Trinajstić information content (AvgIpc) is 2.97. The molecule has 2 N–H and O–H groups in total. The molecule has 8 nitrogen and oxygen atoms in total. The Balaban J connectivity index is 1.29. The second kappa shape index (κ2) is 11.9. The lowest BCUT2D eigenvalue weighted by molar-refractivity contribution is -0.113. The molecular weight excluding hydrogens is 524 g/mol. The van der Waals surface area contributed by atoms with Crippen LogP contribution in [0.15, 0.2) is 107 Å². The number of anilines is 2. The summed E-state index contributed by atoms with van der Waals surface area (Å²) in [4.78, 5) is 43.6. The molecule has 40 heavy (non-hydrogen) atoms. The Morgan fingerprint density at radius 3 is 2.33 bits per heavy atom. The molecule has 1 heterocycles. The van der Waals surface area contributed by atoms with Crippen LogP contribution >= 0.6 is 11.8 Å². The van der Waals surface area contributed by atoms with E-state index in [0.717, 1.165) is 5.56 Å². The number of benzene rings is 4. The van der Waals surface area contributed by atoms with Gasteiger partial charge in [-0.05, 0) is 67.6 Å². The van der Waals surface area contributed by atoms with Gasteiger partial charge in [-0.25, -0.2) is 4.98 Å². The molecule has 4 aromatic carbocycles. The van der Waals surface area contributed by atoms with E-state index in [0.29, 0.717) is 44.4 Å². The molecule has 9 heteroatoms. The number of carbonyl (C=O) groups is 2. The van der Waals surface area contributed by atoms with Crippen LogP contribution in [0.25, 0.3) is 16.6 Å². The SMILES string of the molecule is COc1ccccc1NC(=O)c1ccc(NC(=O)CSc2nc3ccccc3c(=O)n2-c2ccc(C)cc2)cc1. The van der Waals surface area contributed by atoms with Gasteiger partial charge in [-0.1, -0.05) is 53.7 Å². The summed E-state index contributed by atoms with van der Waals surface area (Å²) < 4.78 is 6.81. The van der Waals surface area contributed by atoms with Crippen molar-refractivity contribution in [2.75, 3.05) is 23.5 Å². The molecule has 0 aliphatic heterocycles. The Morgan fingerprint density at radius 1 is 0.875 bits per heavy atom. The summed E-state index contributed by atoms with van der Waals surface area (Å²) in [6.45, 7) is 1.98. The molecule has 1 aromatic heterocycles. The Morgan fingerprint density at radius 2 is 1.57 bits per heavy atom. The number of nitrogens with zero attached hydrogens (tertiary/aromatic N) is 2. The van der Waals surface area contributed by atoms with E-state index in [1.165, 1.54) is 16.3 Å². The molecule has 0 atom stereocenters. The smallest absolute Gasteiger partial charge is 0.266 e. The topological polar surface area (TPSA) is 102 Å². The maximum atomic E-state index is 13.4. The Bertz CT molecular complexity index is 1750. The van der Waals surface area contributed by atoms with E-state index in [-0.39, 0.29) is 23.1 Å². The largest absolute Gasteiger partial charge is 0.495 e. The minimum Gasteiger partial charge on any atom is -0.495 e. The van der Waals surface area contributed by atoms with Gasteiger partial charge < -0.3 is 15.4 Å². The molecule has 0 aliphatic carbocycles. The van der Waals surface area contributed by atoms with Crippen LogP contribution in [0.3, 0.4) is 0 Å². The van der Waals surface area contributed by atoms with Gasteiger partial charge in [0.1, 0.15) is 5.75 Å². The van der Waals surface area contributed by atoms with Crippen molar-refractivity contribution >= 4 is 45.9 Å². The number of hydrogen-bond donors (Lipinski definition) is 2. The molecule has 0 saturated carbocycles. The number of methoxy groups -OCH3 is 1. The van der Waals surface area contributed by atoms with Crippen molar-refractivity contribution in [3.63, 3.8) is 0 Å². The van der Waals surface area contributed by atoms with Gasteiger partial charge in [0.2, 0.25) is 5.91 Å². The van der Waals surface area contributed by atoms with E-state index >= 15 is 0 Å². The van der Waals surface area contributed by atoms with Crippen LogP contribution in [0.1, 0.15) is 15.9 Å². The van der Waals surface area contributed by atoms with Crippen molar-refractivity contribution in [3.05, 3.63) is 119 Å². The summed E-state index contributed by atoms with van der Waals surface area (Å²) in [5.74, 6) is 0.0292. The van der Waals surface area contributed by atoms with Crippen LogP contribution in [0.5, 0.6) is 5.75 Å². The first-order valence-corrected chi connectivity index (χ1v) is 13.5. The number of rotatable bonds is 8. The highest BCUT2D eigenvalue weighted by molar-refractivity contribution is 7.99. The molecule has 2 amide bonds. The number of ether oxygens (including phenoxy) is 1. The van der Waals surface area contributed by atoms with Gasteiger partial charge in [0, 0.05) is 11.3 Å². The fourth-order valence-corrected chi connectivity index (χ4v) is 4.92. The van der Waals surface area contributed by atoms with Crippen molar-refractivity contribution in [1.82, 2.24) is 9.55 Å². The van der Waals surface area contributed by atoms with Crippen LogP contribution in [0, 0.1) is 6.92 Å². The Labute approximate surface area is 235 Å². The summed E-state index contributed by atoms with van der Waals surface area (Å²) >= 11 is 1.18. The van der Waals surface area contributed by atoms with Crippen LogP contribution in [-0.2, 0) is 4.79 Å². The molecule has 0 spiro atoms. The van der Waals surface area contributed by atoms with Gasteiger partial charge in [0.15, 0.2) is 5.16 Å². The van der Waals surface area contributed by atoms with Gasteiger partial charge in [-0.3, -0.25) is 19.0 Å². The van der Waals surface area contributed by atoms with Crippen LogP contribution in [-0.4, -0.2) is 34.2 Å². The fraction of sp³-hybridized carbons (Fsp3) is 0.0968. The molecule has 5 aromatic rings. The van der Waals surface area contributed by atoms with Gasteiger partial charge in [0.05, 0.1) is 35.1 Å². The van der Waals surface area contributed by atoms with E-state index in [4.69, 9.17) is 4.74 Å². The highest BCUT2D eigenvalue weighted by Crippen LogP contribution is 2.25. The first-order chi connectivity index (χ1) is 19.4. The summed E-state index contributed by atoms with van der Waals surface area (Å²) in [5.41, 5.74) is 3.67. The van der Waals surface area contributed by atoms with E-state index in [9.17, 15) is 14.4 Å². The second-order valence-electron chi connectivity index (χ2n) is 8.96. The summed E-state index contributed by atoms with van der Waals surface area (Å²) in [5, 5.41) is 6.59. The average molecular weight is 551 g/mol. The monoisotopic (exact) mass is 550 g/mol. The first kappa shape index (κ1) is 26.7. The number of aromatic nitrogens is 2. The number of fused-ring (bicyclic) bond motifs is 1. The molecule has 0 aliphatic rings. The molecular formula is C31H26N4O4S. The van der Waals surface area contributed by atoms with Crippen LogP contribution in [0.4, 0.5) is 11.4 Å². The third kappa shape index (κ3) is 5.89. The van der Waals surface area contributed by atoms with E-state index in [1.54, 1.807) is 61.7 Å². The third-order valence-electron chi connectivity index (χ3n) is 6.16. The van der Waals surface area contributed by atoms with Gasteiger partial charge in [-0.2, -0.15) is 0 Å². The highest BCUT2D eigenvalue weighted by Gasteiger charge is 2.15.